The first-order chi connectivity index (χ1) is 7.93. The average molecular weight is 369 g/mol. The second kappa shape index (κ2) is 10.9. The molecule has 1 N–H and O–H groups in total. The maximum absolute atomic E-state index is 4.69. The van der Waals surface area contributed by atoms with Crippen LogP contribution in [0, 0.1) is 5.41 Å². The summed E-state index contributed by atoms with van der Waals surface area (Å²) < 4.78 is 0. The molecule has 0 radical (unpaired) electrons. The second-order valence-corrected chi connectivity index (χ2v) is 5.69. The van der Waals surface area contributed by atoms with Gasteiger partial charge in [-0.15, -0.1) is 24.0 Å². The maximum Gasteiger partial charge on any atom is 0.193 e. The minimum atomic E-state index is 0. The van der Waals surface area contributed by atoms with Crippen LogP contribution in [0.1, 0.15) is 53.4 Å². The van der Waals surface area contributed by atoms with Gasteiger partial charge in [-0.1, -0.05) is 40.0 Å². The van der Waals surface area contributed by atoms with Crippen LogP contribution in [0.15, 0.2) is 4.99 Å². The quantitative estimate of drug-likeness (QED) is 0.320. The molecule has 0 aromatic carbocycles. The predicted octanol–water partition coefficient (Wildman–Crippen LogP) is 3.74. The Hall–Kier alpha value is 0. The molecule has 110 valence electrons. The standard InChI is InChI=1S/C14H31N3.HI/c1-7-9-10-11-14(3,4)12-16-13(15-8-2)17(5)6;/h7-12H2,1-6H3,(H,15,16);1H. The van der Waals surface area contributed by atoms with Gasteiger partial charge in [0, 0.05) is 27.2 Å². The number of hydrogen-bond acceptors (Lipinski definition) is 1. The summed E-state index contributed by atoms with van der Waals surface area (Å²) in [5, 5.41) is 3.30. The topological polar surface area (TPSA) is 27.6 Å². The zero-order chi connectivity index (χ0) is 13.3. The van der Waals surface area contributed by atoms with Crippen molar-refractivity contribution >= 4 is 29.9 Å². The van der Waals surface area contributed by atoms with Gasteiger partial charge in [-0.05, 0) is 18.8 Å². The van der Waals surface area contributed by atoms with Gasteiger partial charge < -0.3 is 10.2 Å². The Bertz CT molecular complexity index is 225. The Labute approximate surface area is 131 Å². The molecule has 0 aliphatic rings. The Morgan fingerprint density at radius 3 is 2.22 bits per heavy atom. The Balaban J connectivity index is 0. The molecule has 0 aromatic heterocycles. The van der Waals surface area contributed by atoms with Crippen molar-refractivity contribution in [1.29, 1.82) is 0 Å². The van der Waals surface area contributed by atoms with Crippen LogP contribution in [0.2, 0.25) is 0 Å². The zero-order valence-electron chi connectivity index (χ0n) is 13.0. The smallest absolute Gasteiger partial charge is 0.193 e. The van der Waals surface area contributed by atoms with E-state index in [0.717, 1.165) is 19.0 Å². The third-order valence-corrected chi connectivity index (χ3v) is 2.87. The summed E-state index contributed by atoms with van der Waals surface area (Å²) >= 11 is 0. The van der Waals surface area contributed by atoms with Crippen molar-refractivity contribution in [2.45, 2.75) is 53.4 Å². The van der Waals surface area contributed by atoms with Crippen LogP contribution in [-0.2, 0) is 0 Å². The molecule has 0 amide bonds. The van der Waals surface area contributed by atoms with Crippen molar-refractivity contribution in [3.05, 3.63) is 0 Å². The molecule has 0 unspecified atom stereocenters. The van der Waals surface area contributed by atoms with Gasteiger partial charge in [0.2, 0.25) is 0 Å². The third-order valence-electron chi connectivity index (χ3n) is 2.87. The molecule has 0 spiro atoms. The van der Waals surface area contributed by atoms with Crippen LogP contribution >= 0.6 is 24.0 Å². The number of nitrogens with one attached hydrogen (secondary N) is 1. The molecule has 0 fully saturated rings. The van der Waals surface area contributed by atoms with E-state index in [-0.39, 0.29) is 24.0 Å². The van der Waals surface area contributed by atoms with E-state index in [1.54, 1.807) is 0 Å². The molecule has 4 heteroatoms. The molecule has 0 saturated heterocycles. The van der Waals surface area contributed by atoms with E-state index in [1.165, 1.54) is 25.7 Å². The Morgan fingerprint density at radius 1 is 1.17 bits per heavy atom. The van der Waals surface area contributed by atoms with E-state index in [2.05, 4.69) is 33.0 Å². The molecule has 0 saturated carbocycles. The molecule has 0 aliphatic carbocycles. The minimum Gasteiger partial charge on any atom is -0.357 e. The number of guanidine groups is 1. The van der Waals surface area contributed by atoms with Gasteiger partial charge in [-0.25, -0.2) is 0 Å². The van der Waals surface area contributed by atoms with E-state index in [1.807, 2.05) is 19.0 Å². The van der Waals surface area contributed by atoms with Crippen molar-refractivity contribution < 1.29 is 0 Å². The van der Waals surface area contributed by atoms with Crippen molar-refractivity contribution in [2.24, 2.45) is 10.4 Å². The highest BCUT2D eigenvalue weighted by Gasteiger charge is 2.17. The summed E-state index contributed by atoms with van der Waals surface area (Å²) in [6.07, 6.45) is 5.20. The van der Waals surface area contributed by atoms with Crippen molar-refractivity contribution in [3.8, 4) is 0 Å². The lowest BCUT2D eigenvalue weighted by atomic mass is 9.87. The van der Waals surface area contributed by atoms with E-state index in [4.69, 9.17) is 4.99 Å². The Morgan fingerprint density at radius 2 is 1.78 bits per heavy atom. The molecular formula is C14H32IN3. The molecule has 3 nitrogen and oxygen atoms in total. The van der Waals surface area contributed by atoms with Gasteiger partial charge in [0.25, 0.3) is 0 Å². The average Bonchev–Trinajstić information content (AvgIpc) is 2.24. The fraction of sp³-hybridized carbons (Fsp3) is 0.929. The molecule has 0 atom stereocenters. The summed E-state index contributed by atoms with van der Waals surface area (Å²) in [7, 11) is 4.07. The zero-order valence-corrected chi connectivity index (χ0v) is 15.4. The lowest BCUT2D eigenvalue weighted by Gasteiger charge is -2.24. The summed E-state index contributed by atoms with van der Waals surface area (Å²) in [4.78, 5) is 6.74. The normalized spacial score (nSPS) is 12.0. The predicted molar refractivity (Wildman–Crippen MR) is 93.0 cm³/mol. The minimum absolute atomic E-state index is 0. The largest absolute Gasteiger partial charge is 0.357 e. The van der Waals surface area contributed by atoms with Crippen LogP contribution in [0.25, 0.3) is 0 Å². The number of hydrogen-bond donors (Lipinski definition) is 1. The number of aliphatic imine (C=N–C) groups is 1. The van der Waals surface area contributed by atoms with E-state index >= 15 is 0 Å². The summed E-state index contributed by atoms with van der Waals surface area (Å²) in [5.74, 6) is 0.996. The number of unbranched alkanes of at least 4 members (excludes halogenated alkanes) is 2. The summed E-state index contributed by atoms with van der Waals surface area (Å²) in [5.41, 5.74) is 0.311. The van der Waals surface area contributed by atoms with E-state index in [9.17, 15) is 0 Å². The molecule has 0 aromatic rings. The number of halogens is 1. The van der Waals surface area contributed by atoms with Crippen LogP contribution in [0.5, 0.6) is 0 Å². The highest BCUT2D eigenvalue weighted by atomic mass is 127. The van der Waals surface area contributed by atoms with E-state index in [0.29, 0.717) is 5.41 Å². The van der Waals surface area contributed by atoms with Gasteiger partial charge in [0.1, 0.15) is 0 Å². The van der Waals surface area contributed by atoms with Crippen molar-refractivity contribution in [1.82, 2.24) is 10.2 Å². The van der Waals surface area contributed by atoms with Gasteiger partial charge >= 0.3 is 0 Å². The first-order valence-electron chi connectivity index (χ1n) is 6.88. The monoisotopic (exact) mass is 369 g/mol. The number of rotatable bonds is 7. The fourth-order valence-corrected chi connectivity index (χ4v) is 1.74. The van der Waals surface area contributed by atoms with Gasteiger partial charge in [0.05, 0.1) is 0 Å². The maximum atomic E-state index is 4.69. The first-order valence-corrected chi connectivity index (χ1v) is 6.88. The summed E-state index contributed by atoms with van der Waals surface area (Å²) in [6, 6.07) is 0. The highest BCUT2D eigenvalue weighted by Crippen LogP contribution is 2.24. The third kappa shape index (κ3) is 9.97. The molecule has 0 rings (SSSR count). The lowest BCUT2D eigenvalue weighted by molar-refractivity contribution is 0.331. The van der Waals surface area contributed by atoms with Crippen LogP contribution in [0.3, 0.4) is 0 Å². The second-order valence-electron chi connectivity index (χ2n) is 5.69. The SMILES string of the molecule is CCCCCC(C)(C)CN=C(NCC)N(C)C.I. The van der Waals surface area contributed by atoms with Crippen LogP contribution in [-0.4, -0.2) is 38.0 Å². The van der Waals surface area contributed by atoms with Crippen molar-refractivity contribution in [3.63, 3.8) is 0 Å². The Kier molecular flexibility index (Phi) is 12.3. The van der Waals surface area contributed by atoms with Crippen LogP contribution in [0.4, 0.5) is 0 Å². The molecule has 0 aliphatic heterocycles. The highest BCUT2D eigenvalue weighted by molar-refractivity contribution is 14.0. The van der Waals surface area contributed by atoms with Gasteiger partial charge in [-0.3, -0.25) is 4.99 Å². The summed E-state index contributed by atoms with van der Waals surface area (Å²) in [6.45, 7) is 10.8. The van der Waals surface area contributed by atoms with E-state index < -0.39 is 0 Å². The van der Waals surface area contributed by atoms with Gasteiger partial charge in [-0.2, -0.15) is 0 Å². The first kappa shape index (κ1) is 20.3. The molecular weight excluding hydrogens is 337 g/mol. The van der Waals surface area contributed by atoms with Gasteiger partial charge in [0.15, 0.2) is 5.96 Å². The van der Waals surface area contributed by atoms with Crippen molar-refractivity contribution in [2.75, 3.05) is 27.2 Å². The number of nitrogens with zero attached hydrogens (tertiary/aromatic N) is 2. The fourth-order valence-electron chi connectivity index (χ4n) is 1.74. The lowest BCUT2D eigenvalue weighted by Crippen LogP contribution is -2.37. The molecule has 0 bridgehead atoms. The molecule has 18 heavy (non-hydrogen) atoms. The molecule has 0 heterocycles. The van der Waals surface area contributed by atoms with Crippen LogP contribution < -0.4 is 5.32 Å².